The Balaban J connectivity index is 1.56. The minimum absolute atomic E-state index is 0.0139. The van der Waals surface area contributed by atoms with E-state index in [0.29, 0.717) is 38.2 Å². The summed E-state index contributed by atoms with van der Waals surface area (Å²) in [5, 5.41) is 2.87. The molecule has 1 fully saturated rings. The lowest BCUT2D eigenvalue weighted by molar-refractivity contribution is -0.126. The van der Waals surface area contributed by atoms with Gasteiger partial charge in [0.15, 0.2) is 0 Å². The van der Waals surface area contributed by atoms with Crippen LogP contribution in [0, 0.1) is 0 Å². The van der Waals surface area contributed by atoms with E-state index >= 15 is 0 Å². The van der Waals surface area contributed by atoms with Crippen molar-refractivity contribution >= 4 is 45.2 Å². The molecule has 26 heavy (non-hydrogen) atoms. The number of nitrogens with zero attached hydrogens (tertiary/aromatic N) is 2. The Morgan fingerprint density at radius 3 is 2.46 bits per heavy atom. The highest BCUT2D eigenvalue weighted by molar-refractivity contribution is 9.10. The number of alkyl halides is 1. The third kappa shape index (κ3) is 4.89. The lowest BCUT2D eigenvalue weighted by Crippen LogP contribution is -2.39. The number of benzene rings is 1. The van der Waals surface area contributed by atoms with Crippen LogP contribution in [-0.2, 0) is 4.79 Å². The largest absolute Gasteiger partial charge is 0.337 e. The third-order valence-corrected chi connectivity index (χ3v) is 5.31. The van der Waals surface area contributed by atoms with E-state index in [1.165, 1.54) is 0 Å². The summed E-state index contributed by atoms with van der Waals surface area (Å²) in [7, 11) is 0. The van der Waals surface area contributed by atoms with Gasteiger partial charge in [-0.15, -0.1) is 11.6 Å². The maximum Gasteiger partial charge on any atom is 0.321 e. The molecule has 1 saturated heterocycles. The third-order valence-electron chi connectivity index (χ3n) is 4.46. The molecule has 1 N–H and O–H groups in total. The first-order valence-electron chi connectivity index (χ1n) is 8.66. The van der Waals surface area contributed by atoms with Gasteiger partial charge in [-0.05, 0) is 37.1 Å². The van der Waals surface area contributed by atoms with E-state index in [2.05, 4.69) is 21.2 Å². The van der Waals surface area contributed by atoms with Crippen LogP contribution in [-0.4, -0.2) is 53.3 Å². The molecule has 0 aromatic heterocycles. The van der Waals surface area contributed by atoms with Crippen LogP contribution in [0.3, 0.4) is 0 Å². The fraction of sp³-hybridized carbons (Fsp3) is 0.368. The van der Waals surface area contributed by atoms with E-state index < -0.39 is 0 Å². The van der Waals surface area contributed by atoms with E-state index in [9.17, 15) is 9.59 Å². The van der Waals surface area contributed by atoms with Crippen molar-refractivity contribution in [2.75, 3.05) is 31.5 Å². The van der Waals surface area contributed by atoms with Crippen LogP contribution in [0.2, 0.25) is 0 Å². The Bertz CT molecular complexity index is 733. The zero-order valence-electron chi connectivity index (χ0n) is 14.3. The number of nitrogens with one attached hydrogen (secondary N) is 1. The number of hydrogen-bond donors (Lipinski definition) is 1. The van der Waals surface area contributed by atoms with Crippen LogP contribution in [0.1, 0.15) is 12.8 Å². The first kappa shape index (κ1) is 19.0. The van der Waals surface area contributed by atoms with Gasteiger partial charge in [-0.1, -0.05) is 34.2 Å². The van der Waals surface area contributed by atoms with Gasteiger partial charge in [0.1, 0.15) is 0 Å². The summed E-state index contributed by atoms with van der Waals surface area (Å²) in [4.78, 5) is 28.7. The molecule has 1 aromatic carbocycles. The van der Waals surface area contributed by atoms with E-state index in [-0.39, 0.29) is 17.3 Å². The Morgan fingerprint density at radius 2 is 1.77 bits per heavy atom. The van der Waals surface area contributed by atoms with Crippen LogP contribution < -0.4 is 5.32 Å². The van der Waals surface area contributed by atoms with Gasteiger partial charge in [-0.3, -0.25) is 4.79 Å². The van der Waals surface area contributed by atoms with Crippen molar-refractivity contribution in [2.45, 2.75) is 18.2 Å². The van der Waals surface area contributed by atoms with Gasteiger partial charge < -0.3 is 15.1 Å². The molecule has 3 rings (SSSR count). The molecule has 1 unspecified atom stereocenters. The number of urea groups is 1. The lowest BCUT2D eigenvalue weighted by Gasteiger charge is -2.23. The molecule has 5 nitrogen and oxygen atoms in total. The Hall–Kier alpha value is -1.79. The van der Waals surface area contributed by atoms with Gasteiger partial charge in [0, 0.05) is 41.9 Å². The van der Waals surface area contributed by atoms with Crippen molar-refractivity contribution in [2.24, 2.45) is 0 Å². The fourth-order valence-corrected chi connectivity index (χ4v) is 3.42. The van der Waals surface area contributed by atoms with Crippen molar-refractivity contribution in [1.29, 1.82) is 0 Å². The van der Waals surface area contributed by atoms with Gasteiger partial charge in [-0.2, -0.15) is 0 Å². The normalized spacial score (nSPS) is 20.4. The van der Waals surface area contributed by atoms with Crippen LogP contribution >= 0.6 is 27.5 Å². The van der Waals surface area contributed by atoms with E-state index in [1.54, 1.807) is 11.0 Å². The number of rotatable bonds is 2. The predicted molar refractivity (Wildman–Crippen MR) is 107 cm³/mol. The molecular weight excluding hydrogens is 418 g/mol. The van der Waals surface area contributed by atoms with Crippen LogP contribution in [0.5, 0.6) is 0 Å². The molecule has 2 aliphatic rings. The second-order valence-electron chi connectivity index (χ2n) is 6.34. The molecule has 7 heteroatoms. The predicted octanol–water partition coefficient (Wildman–Crippen LogP) is 4.01. The number of carbonyl (C=O) groups is 2. The van der Waals surface area contributed by atoms with Gasteiger partial charge >= 0.3 is 6.03 Å². The Morgan fingerprint density at radius 1 is 1.08 bits per heavy atom. The molecule has 0 radical (unpaired) electrons. The van der Waals surface area contributed by atoms with Crippen molar-refractivity contribution < 1.29 is 9.59 Å². The maximum absolute atomic E-state index is 12.7. The molecule has 0 bridgehead atoms. The second-order valence-corrected chi connectivity index (χ2v) is 7.82. The summed E-state index contributed by atoms with van der Waals surface area (Å²) in [5.41, 5.74) is 1.44. The average molecular weight is 439 g/mol. The zero-order valence-corrected chi connectivity index (χ0v) is 16.7. The van der Waals surface area contributed by atoms with Gasteiger partial charge in [0.05, 0.1) is 5.38 Å². The summed E-state index contributed by atoms with van der Waals surface area (Å²) in [6.45, 7) is 2.33. The number of amides is 3. The minimum Gasteiger partial charge on any atom is -0.337 e. The second kappa shape index (κ2) is 8.73. The number of halogens is 2. The fourth-order valence-electron chi connectivity index (χ4n) is 2.99. The quantitative estimate of drug-likeness (QED) is 0.709. The minimum atomic E-state index is -0.136. The summed E-state index contributed by atoms with van der Waals surface area (Å²) < 4.78 is 0.964. The summed E-state index contributed by atoms with van der Waals surface area (Å²) in [6.07, 6.45) is 6.98. The standard InChI is InChI=1S/C19H21BrClN3O2/c20-15-4-8-17(9-5-15)22-19(26)24-11-1-10-23(12-13-24)18(25)14-2-6-16(21)7-3-14/h2-6,8-9,16H,1,7,10-13H2,(H,22,26). The molecular formula is C19H21BrClN3O2. The summed E-state index contributed by atoms with van der Waals surface area (Å²) in [5.74, 6) is 0.0139. The molecule has 3 amide bonds. The number of anilines is 1. The highest BCUT2D eigenvalue weighted by Gasteiger charge is 2.24. The summed E-state index contributed by atoms with van der Waals surface area (Å²) in [6, 6.07) is 7.33. The Kier molecular flexibility index (Phi) is 6.38. The highest BCUT2D eigenvalue weighted by Crippen LogP contribution is 2.18. The lowest BCUT2D eigenvalue weighted by atomic mass is 10.1. The van der Waals surface area contributed by atoms with Gasteiger partial charge in [0.2, 0.25) is 0 Å². The van der Waals surface area contributed by atoms with Gasteiger partial charge in [0.25, 0.3) is 5.91 Å². The molecule has 1 atom stereocenters. The Labute approximate surface area is 166 Å². The monoisotopic (exact) mass is 437 g/mol. The molecule has 138 valence electrons. The average Bonchev–Trinajstić information content (AvgIpc) is 2.90. The number of hydrogen-bond acceptors (Lipinski definition) is 2. The van der Waals surface area contributed by atoms with Crippen molar-refractivity contribution in [1.82, 2.24) is 9.80 Å². The smallest absolute Gasteiger partial charge is 0.321 e. The van der Waals surface area contributed by atoms with E-state index in [0.717, 1.165) is 16.6 Å². The first-order chi connectivity index (χ1) is 12.5. The number of allylic oxidation sites excluding steroid dienone is 2. The van der Waals surface area contributed by atoms with Crippen molar-refractivity contribution in [3.8, 4) is 0 Å². The molecule has 0 saturated carbocycles. The van der Waals surface area contributed by atoms with Crippen molar-refractivity contribution in [3.05, 3.63) is 52.5 Å². The first-order valence-corrected chi connectivity index (χ1v) is 9.89. The van der Waals surface area contributed by atoms with E-state index in [1.807, 2.05) is 41.3 Å². The molecule has 1 aromatic rings. The molecule has 1 aliphatic carbocycles. The molecule has 1 aliphatic heterocycles. The summed E-state index contributed by atoms with van der Waals surface area (Å²) >= 11 is 9.40. The van der Waals surface area contributed by atoms with Gasteiger partial charge in [-0.25, -0.2) is 4.79 Å². The van der Waals surface area contributed by atoms with Crippen molar-refractivity contribution in [3.63, 3.8) is 0 Å². The van der Waals surface area contributed by atoms with Crippen LogP contribution in [0.25, 0.3) is 0 Å². The topological polar surface area (TPSA) is 52.7 Å². The van der Waals surface area contributed by atoms with Crippen LogP contribution in [0.15, 0.2) is 52.5 Å². The van der Waals surface area contributed by atoms with Crippen LogP contribution in [0.4, 0.5) is 10.5 Å². The SMILES string of the molecule is O=C(Nc1ccc(Br)cc1)N1CCCN(C(=O)C2=CCC(Cl)C=C2)CC1. The molecule has 1 heterocycles. The zero-order chi connectivity index (χ0) is 18.5. The molecule has 0 spiro atoms. The van der Waals surface area contributed by atoms with E-state index in [4.69, 9.17) is 11.6 Å². The number of carbonyl (C=O) groups excluding carboxylic acids is 2. The highest BCUT2D eigenvalue weighted by atomic mass is 79.9. The maximum atomic E-state index is 12.7.